The molecule has 2 nitrogen and oxygen atoms in total. The number of rotatable bonds is 3. The second-order valence-corrected chi connectivity index (χ2v) is 3.27. The Bertz CT molecular complexity index is 130. The minimum atomic E-state index is -2.22. The maximum Gasteiger partial charge on any atom is 0.251 e. The Labute approximate surface area is 71.7 Å². The molecule has 0 aromatic heterocycles. The van der Waals surface area contributed by atoms with Crippen LogP contribution in [0.2, 0.25) is 0 Å². The van der Waals surface area contributed by atoms with Crippen molar-refractivity contribution in [1.82, 2.24) is 4.90 Å². The van der Waals surface area contributed by atoms with E-state index in [1.165, 1.54) is 0 Å². The van der Waals surface area contributed by atoms with Gasteiger partial charge in [0.25, 0.3) is 6.43 Å². The quantitative estimate of drug-likeness (QED) is 0.700. The van der Waals surface area contributed by atoms with Gasteiger partial charge in [-0.1, -0.05) is 6.42 Å². The topological polar surface area (TPSA) is 29.3 Å². The highest BCUT2D eigenvalue weighted by Gasteiger charge is 2.23. The fraction of sp³-hybridized carbons (Fsp3) is 1.00. The van der Waals surface area contributed by atoms with Crippen molar-refractivity contribution in [2.24, 2.45) is 5.73 Å². The number of nitrogens with two attached hydrogens (primary N) is 1. The van der Waals surface area contributed by atoms with Crippen LogP contribution in [0.1, 0.15) is 19.3 Å². The summed E-state index contributed by atoms with van der Waals surface area (Å²) in [6.45, 7) is 1.18. The molecule has 72 valence electrons. The van der Waals surface area contributed by atoms with Crippen molar-refractivity contribution in [3.05, 3.63) is 0 Å². The minimum absolute atomic E-state index is 0.109. The third-order valence-corrected chi connectivity index (χ3v) is 2.39. The van der Waals surface area contributed by atoms with E-state index in [0.29, 0.717) is 6.54 Å². The van der Waals surface area contributed by atoms with Gasteiger partial charge in [-0.15, -0.1) is 0 Å². The summed E-state index contributed by atoms with van der Waals surface area (Å²) in [6.07, 6.45) is 0.908. The van der Waals surface area contributed by atoms with Gasteiger partial charge in [0.2, 0.25) is 0 Å². The third-order valence-electron chi connectivity index (χ3n) is 2.39. The van der Waals surface area contributed by atoms with E-state index in [2.05, 4.69) is 0 Å². The summed E-state index contributed by atoms with van der Waals surface area (Å²) in [5.74, 6) is 0. The summed E-state index contributed by atoms with van der Waals surface area (Å²) in [6, 6.07) is 0.188. The predicted molar refractivity (Wildman–Crippen MR) is 44.3 cm³/mol. The number of halogens is 2. The van der Waals surface area contributed by atoms with Crippen molar-refractivity contribution in [3.8, 4) is 0 Å². The van der Waals surface area contributed by atoms with E-state index in [-0.39, 0.29) is 12.6 Å². The van der Waals surface area contributed by atoms with E-state index in [9.17, 15) is 8.78 Å². The smallest absolute Gasteiger partial charge is 0.251 e. The monoisotopic (exact) mass is 178 g/mol. The molecule has 1 saturated heterocycles. The van der Waals surface area contributed by atoms with Crippen LogP contribution in [-0.2, 0) is 0 Å². The SMILES string of the molecule is NC[C@H]1CCCCN1CC(F)F. The van der Waals surface area contributed by atoms with Crippen LogP contribution in [0.5, 0.6) is 0 Å². The average Bonchev–Trinajstić information content (AvgIpc) is 2.04. The molecule has 0 radical (unpaired) electrons. The predicted octanol–water partition coefficient (Wildman–Crippen LogP) is 1.06. The molecule has 0 unspecified atom stereocenters. The zero-order chi connectivity index (χ0) is 8.97. The highest BCUT2D eigenvalue weighted by molar-refractivity contribution is 4.77. The summed E-state index contributed by atoms with van der Waals surface area (Å²) >= 11 is 0. The number of nitrogens with zero attached hydrogens (tertiary/aromatic N) is 1. The van der Waals surface area contributed by atoms with Gasteiger partial charge in [-0.25, -0.2) is 8.78 Å². The van der Waals surface area contributed by atoms with Crippen molar-refractivity contribution in [2.75, 3.05) is 19.6 Å². The van der Waals surface area contributed by atoms with E-state index in [0.717, 1.165) is 25.8 Å². The lowest BCUT2D eigenvalue weighted by molar-refractivity contribution is 0.0518. The molecule has 0 aromatic rings. The molecule has 1 aliphatic heterocycles. The molecular formula is C8H16F2N2. The summed E-state index contributed by atoms with van der Waals surface area (Å²) < 4.78 is 24.1. The Morgan fingerprint density at radius 1 is 1.42 bits per heavy atom. The minimum Gasteiger partial charge on any atom is -0.329 e. The Hall–Kier alpha value is -0.220. The van der Waals surface area contributed by atoms with Crippen molar-refractivity contribution < 1.29 is 8.78 Å². The molecule has 2 N–H and O–H groups in total. The first kappa shape index (κ1) is 9.86. The number of hydrogen-bond acceptors (Lipinski definition) is 2. The van der Waals surface area contributed by atoms with Crippen molar-refractivity contribution >= 4 is 0 Å². The second kappa shape index (κ2) is 4.72. The van der Waals surface area contributed by atoms with E-state index in [1.54, 1.807) is 0 Å². The van der Waals surface area contributed by atoms with Gasteiger partial charge >= 0.3 is 0 Å². The van der Waals surface area contributed by atoms with Crippen LogP contribution in [0.25, 0.3) is 0 Å². The standard InChI is InChI=1S/C8H16F2N2/c9-8(10)6-12-4-2-1-3-7(12)5-11/h7-8H,1-6,11H2/t7-/m1/s1. The van der Waals surface area contributed by atoms with E-state index in [1.807, 2.05) is 4.90 Å². The van der Waals surface area contributed by atoms with Gasteiger partial charge in [-0.05, 0) is 19.4 Å². The molecule has 1 aliphatic rings. The first-order valence-corrected chi connectivity index (χ1v) is 4.46. The zero-order valence-corrected chi connectivity index (χ0v) is 7.18. The molecule has 1 rings (SSSR count). The van der Waals surface area contributed by atoms with Crippen LogP contribution in [0, 0.1) is 0 Å². The molecule has 0 amide bonds. The van der Waals surface area contributed by atoms with E-state index < -0.39 is 6.43 Å². The number of likely N-dealkylation sites (tertiary alicyclic amines) is 1. The van der Waals surface area contributed by atoms with Gasteiger partial charge < -0.3 is 5.73 Å². The van der Waals surface area contributed by atoms with Crippen LogP contribution in [0.4, 0.5) is 8.78 Å². The second-order valence-electron chi connectivity index (χ2n) is 3.27. The molecule has 0 aliphatic carbocycles. The van der Waals surface area contributed by atoms with Gasteiger partial charge in [0.1, 0.15) is 0 Å². The van der Waals surface area contributed by atoms with Crippen LogP contribution in [0.3, 0.4) is 0 Å². The maximum atomic E-state index is 12.0. The first-order valence-electron chi connectivity index (χ1n) is 4.46. The van der Waals surface area contributed by atoms with Crippen molar-refractivity contribution in [3.63, 3.8) is 0 Å². The van der Waals surface area contributed by atoms with E-state index >= 15 is 0 Å². The van der Waals surface area contributed by atoms with Gasteiger partial charge in [0.05, 0.1) is 6.54 Å². The molecule has 0 aromatic carbocycles. The molecule has 12 heavy (non-hydrogen) atoms. The van der Waals surface area contributed by atoms with Gasteiger partial charge in [-0.2, -0.15) is 0 Å². The molecule has 0 bridgehead atoms. The fourth-order valence-electron chi connectivity index (χ4n) is 1.74. The molecule has 1 fully saturated rings. The Morgan fingerprint density at radius 2 is 2.17 bits per heavy atom. The van der Waals surface area contributed by atoms with Crippen LogP contribution < -0.4 is 5.73 Å². The highest BCUT2D eigenvalue weighted by atomic mass is 19.3. The number of hydrogen-bond donors (Lipinski definition) is 1. The number of piperidine rings is 1. The summed E-state index contributed by atoms with van der Waals surface area (Å²) in [7, 11) is 0. The fourth-order valence-corrected chi connectivity index (χ4v) is 1.74. The lowest BCUT2D eigenvalue weighted by atomic mass is 10.0. The van der Waals surface area contributed by atoms with Crippen LogP contribution in [0.15, 0.2) is 0 Å². The number of alkyl halides is 2. The molecule has 1 atom stereocenters. The molecule has 1 heterocycles. The van der Waals surface area contributed by atoms with Crippen LogP contribution in [-0.4, -0.2) is 37.0 Å². The van der Waals surface area contributed by atoms with Gasteiger partial charge in [0, 0.05) is 12.6 Å². The summed E-state index contributed by atoms with van der Waals surface area (Å²) in [5.41, 5.74) is 5.48. The Kier molecular flexibility index (Phi) is 3.88. The summed E-state index contributed by atoms with van der Waals surface area (Å²) in [4.78, 5) is 1.81. The lowest BCUT2D eigenvalue weighted by Crippen LogP contribution is -2.46. The maximum absolute atomic E-state index is 12.0. The largest absolute Gasteiger partial charge is 0.329 e. The van der Waals surface area contributed by atoms with Crippen LogP contribution >= 0.6 is 0 Å². The third kappa shape index (κ3) is 2.68. The highest BCUT2D eigenvalue weighted by Crippen LogP contribution is 2.16. The van der Waals surface area contributed by atoms with Crippen molar-refractivity contribution in [1.29, 1.82) is 0 Å². The lowest BCUT2D eigenvalue weighted by Gasteiger charge is -2.34. The molecule has 4 heteroatoms. The van der Waals surface area contributed by atoms with E-state index in [4.69, 9.17) is 5.73 Å². The normalized spacial score (nSPS) is 26.5. The molecule has 0 spiro atoms. The molecular weight excluding hydrogens is 162 g/mol. The average molecular weight is 178 g/mol. The molecule has 0 saturated carbocycles. The zero-order valence-electron chi connectivity index (χ0n) is 7.18. The summed E-state index contributed by atoms with van der Waals surface area (Å²) in [5, 5.41) is 0. The van der Waals surface area contributed by atoms with Gasteiger partial charge in [0.15, 0.2) is 0 Å². The van der Waals surface area contributed by atoms with Gasteiger partial charge in [-0.3, -0.25) is 4.90 Å². The van der Waals surface area contributed by atoms with Crippen molar-refractivity contribution in [2.45, 2.75) is 31.7 Å². The Morgan fingerprint density at radius 3 is 2.75 bits per heavy atom. The first-order chi connectivity index (χ1) is 5.74. The Balaban J connectivity index is 2.36.